The van der Waals surface area contributed by atoms with Gasteiger partial charge in [0, 0.05) is 13.0 Å². The van der Waals surface area contributed by atoms with Crippen LogP contribution < -0.4 is 11.1 Å². The van der Waals surface area contributed by atoms with E-state index in [2.05, 4.69) is 19.2 Å². The van der Waals surface area contributed by atoms with Crippen LogP contribution in [0.2, 0.25) is 0 Å². The molecule has 3 atom stereocenters. The number of carbonyl (C=O) groups is 1. The summed E-state index contributed by atoms with van der Waals surface area (Å²) in [5.41, 5.74) is 5.40. The van der Waals surface area contributed by atoms with Crippen LogP contribution in [0.1, 0.15) is 277 Å². The third-order valence-electron chi connectivity index (χ3n) is 12.1. The topological polar surface area (TPSA) is 131 Å². The first-order valence-electron chi connectivity index (χ1n) is 26.3. The highest BCUT2D eigenvalue weighted by Gasteiger charge is 2.26. The van der Waals surface area contributed by atoms with Gasteiger partial charge < -0.3 is 21.1 Å². The number of allylic oxidation sites excluding steroid dienone is 1. The number of amides is 1. The summed E-state index contributed by atoms with van der Waals surface area (Å²) < 4.78 is 22.2. The Morgan fingerprint density at radius 2 is 0.850 bits per heavy atom. The van der Waals surface area contributed by atoms with Gasteiger partial charge in [-0.3, -0.25) is 13.8 Å². The van der Waals surface area contributed by atoms with Crippen LogP contribution in [0.3, 0.4) is 0 Å². The first-order chi connectivity index (χ1) is 29.4. The van der Waals surface area contributed by atoms with Crippen molar-refractivity contribution in [2.24, 2.45) is 5.73 Å². The fourth-order valence-corrected chi connectivity index (χ4v) is 8.90. The number of nitrogens with one attached hydrogen (secondary N) is 1. The Kier molecular flexibility index (Phi) is 47.1. The highest BCUT2D eigenvalue weighted by atomic mass is 31.2. The average molecular weight is 871 g/mol. The van der Waals surface area contributed by atoms with Crippen molar-refractivity contribution in [2.75, 3.05) is 19.8 Å². The Morgan fingerprint density at radius 3 is 1.18 bits per heavy atom. The maximum absolute atomic E-state index is 12.8. The predicted molar refractivity (Wildman–Crippen MR) is 259 cm³/mol. The molecule has 1 amide bonds. The summed E-state index contributed by atoms with van der Waals surface area (Å²) >= 11 is 0. The number of hydrogen-bond donors (Lipinski definition) is 4. The molecule has 0 saturated carbocycles. The van der Waals surface area contributed by atoms with Crippen LogP contribution >= 0.6 is 7.82 Å². The molecule has 0 aliphatic heterocycles. The molecule has 0 radical (unpaired) electrons. The summed E-state index contributed by atoms with van der Waals surface area (Å²) in [7, 11) is -4.34. The van der Waals surface area contributed by atoms with Crippen LogP contribution in [0.4, 0.5) is 0 Å². The number of hydrogen-bond acceptors (Lipinski definition) is 6. The molecule has 3 unspecified atom stereocenters. The van der Waals surface area contributed by atoms with E-state index in [1.165, 1.54) is 218 Å². The van der Waals surface area contributed by atoms with E-state index in [1.54, 1.807) is 6.08 Å². The first kappa shape index (κ1) is 59.2. The van der Waals surface area contributed by atoms with E-state index in [9.17, 15) is 19.4 Å². The summed E-state index contributed by atoms with van der Waals surface area (Å²) in [6, 6.07) is -0.856. The van der Waals surface area contributed by atoms with Crippen LogP contribution in [-0.4, -0.2) is 47.8 Å². The number of carbonyl (C=O) groups excluding carboxylic acids is 1. The van der Waals surface area contributed by atoms with E-state index in [0.29, 0.717) is 6.42 Å². The van der Waals surface area contributed by atoms with Crippen molar-refractivity contribution in [3.05, 3.63) is 12.2 Å². The van der Waals surface area contributed by atoms with Gasteiger partial charge in [0.15, 0.2) is 0 Å². The molecule has 60 heavy (non-hydrogen) atoms. The van der Waals surface area contributed by atoms with E-state index < -0.39 is 20.0 Å². The van der Waals surface area contributed by atoms with Gasteiger partial charge in [-0.1, -0.05) is 264 Å². The van der Waals surface area contributed by atoms with Crippen molar-refractivity contribution in [1.29, 1.82) is 0 Å². The number of rotatable bonds is 50. The minimum absolute atomic E-state index is 0.0817. The Balaban J connectivity index is 4.05. The maximum Gasteiger partial charge on any atom is 0.472 e. The quantitative estimate of drug-likeness (QED) is 0.0272. The zero-order valence-corrected chi connectivity index (χ0v) is 40.9. The summed E-state index contributed by atoms with van der Waals surface area (Å²) in [4.78, 5) is 22.8. The van der Waals surface area contributed by atoms with Crippen LogP contribution in [0.15, 0.2) is 12.2 Å². The fraction of sp³-hybridized carbons (Fsp3) is 0.941. The van der Waals surface area contributed by atoms with Crippen molar-refractivity contribution in [3.8, 4) is 0 Å². The minimum atomic E-state index is -4.34. The molecule has 8 nitrogen and oxygen atoms in total. The van der Waals surface area contributed by atoms with Crippen LogP contribution in [-0.2, 0) is 18.4 Å². The molecule has 0 aromatic heterocycles. The maximum atomic E-state index is 12.8. The number of nitrogens with two attached hydrogens (primary N) is 1. The fourth-order valence-electron chi connectivity index (χ4n) is 8.14. The number of unbranched alkanes of at least 4 members (excludes halogenated alkanes) is 38. The van der Waals surface area contributed by atoms with Gasteiger partial charge in [0.25, 0.3) is 0 Å². The van der Waals surface area contributed by atoms with E-state index in [0.717, 1.165) is 38.5 Å². The molecular formula is C51H103N2O6P. The molecule has 358 valence electrons. The third-order valence-corrected chi connectivity index (χ3v) is 13.1. The zero-order valence-electron chi connectivity index (χ0n) is 40.0. The molecule has 0 aliphatic rings. The lowest BCUT2D eigenvalue weighted by Crippen LogP contribution is -2.45. The second-order valence-corrected chi connectivity index (χ2v) is 19.6. The highest BCUT2D eigenvalue weighted by Crippen LogP contribution is 2.43. The Morgan fingerprint density at radius 1 is 0.533 bits per heavy atom. The van der Waals surface area contributed by atoms with Crippen molar-refractivity contribution < 1.29 is 28.4 Å². The molecule has 0 aromatic carbocycles. The van der Waals surface area contributed by atoms with E-state index in [4.69, 9.17) is 14.8 Å². The van der Waals surface area contributed by atoms with Crippen molar-refractivity contribution >= 4 is 13.7 Å². The molecule has 0 aliphatic carbocycles. The van der Waals surface area contributed by atoms with Gasteiger partial charge in [0.1, 0.15) is 0 Å². The highest BCUT2D eigenvalue weighted by molar-refractivity contribution is 7.47. The van der Waals surface area contributed by atoms with E-state index >= 15 is 0 Å². The standard InChI is InChI=1S/C51H103N2O6P/c1-3-5-7-9-11-13-15-17-19-21-23-25-26-28-30-32-34-36-38-40-42-44-50(54)49(48-59-60(56,57)58-47-46-52)53-51(55)45-43-41-39-37-35-33-31-29-27-24-22-20-18-16-14-12-10-8-6-4-2/h42,44,49-50,54H,3-41,43,45-48,52H2,1-2H3,(H,53,55)(H,56,57)/b44-42+. The lowest BCUT2D eigenvalue weighted by atomic mass is 10.0. The van der Waals surface area contributed by atoms with Crippen molar-refractivity contribution in [3.63, 3.8) is 0 Å². The number of aliphatic hydroxyl groups is 1. The summed E-state index contributed by atoms with van der Waals surface area (Å²) in [6.07, 6.45) is 55.6. The predicted octanol–water partition coefficient (Wildman–Crippen LogP) is 15.5. The second-order valence-electron chi connectivity index (χ2n) is 18.1. The van der Waals surface area contributed by atoms with Crippen LogP contribution in [0.25, 0.3) is 0 Å². The zero-order chi connectivity index (χ0) is 43.9. The normalized spacial score (nSPS) is 13.9. The molecule has 0 aromatic rings. The van der Waals surface area contributed by atoms with Gasteiger partial charge in [-0.2, -0.15) is 0 Å². The lowest BCUT2D eigenvalue weighted by Gasteiger charge is -2.23. The molecule has 9 heteroatoms. The van der Waals surface area contributed by atoms with Crippen LogP contribution in [0, 0.1) is 0 Å². The largest absolute Gasteiger partial charge is 0.472 e. The van der Waals surface area contributed by atoms with E-state index in [1.807, 2.05) is 6.08 Å². The summed E-state index contributed by atoms with van der Waals surface area (Å²) in [6.45, 7) is 4.19. The van der Waals surface area contributed by atoms with Crippen LogP contribution in [0.5, 0.6) is 0 Å². The smallest absolute Gasteiger partial charge is 0.387 e. The molecule has 0 spiro atoms. The monoisotopic (exact) mass is 871 g/mol. The van der Waals surface area contributed by atoms with Gasteiger partial charge in [0.2, 0.25) is 5.91 Å². The van der Waals surface area contributed by atoms with Crippen molar-refractivity contribution in [1.82, 2.24) is 5.32 Å². The minimum Gasteiger partial charge on any atom is -0.387 e. The molecule has 0 heterocycles. The van der Waals surface area contributed by atoms with Gasteiger partial charge >= 0.3 is 7.82 Å². The van der Waals surface area contributed by atoms with E-state index in [-0.39, 0.29) is 25.7 Å². The Bertz CT molecular complexity index is 953. The molecule has 5 N–H and O–H groups in total. The molecular weight excluding hydrogens is 768 g/mol. The SMILES string of the molecule is CCCCCCCCCCCCCCCCCCCCC/C=C/C(O)C(COP(=O)(O)OCCN)NC(=O)CCCCCCCCCCCCCCCCCCCCCC. The number of aliphatic hydroxyl groups excluding tert-OH is 1. The second kappa shape index (κ2) is 47.7. The molecule has 0 fully saturated rings. The molecule has 0 saturated heterocycles. The lowest BCUT2D eigenvalue weighted by molar-refractivity contribution is -0.123. The van der Waals surface area contributed by atoms with Gasteiger partial charge in [-0.25, -0.2) is 4.57 Å². The van der Waals surface area contributed by atoms with Crippen molar-refractivity contribution in [2.45, 2.75) is 289 Å². The third kappa shape index (κ3) is 45.3. The summed E-state index contributed by atoms with van der Waals surface area (Å²) in [5.74, 6) is -0.187. The molecule has 0 rings (SSSR count). The van der Waals surface area contributed by atoms with Gasteiger partial charge in [-0.05, 0) is 19.3 Å². The number of phosphoric ester groups is 1. The van der Waals surface area contributed by atoms with Gasteiger partial charge in [0.05, 0.1) is 25.4 Å². The average Bonchev–Trinajstić information content (AvgIpc) is 3.24. The first-order valence-corrected chi connectivity index (χ1v) is 27.8. The Labute approximate surface area is 373 Å². The summed E-state index contributed by atoms with van der Waals surface area (Å²) in [5, 5.41) is 13.8. The Hall–Kier alpha value is -0.760. The number of phosphoric acid groups is 1. The van der Waals surface area contributed by atoms with Gasteiger partial charge in [-0.15, -0.1) is 0 Å². The molecule has 0 bridgehead atoms.